The molecular weight excluding hydrogens is 298 g/mol. The van der Waals surface area contributed by atoms with Crippen molar-refractivity contribution in [1.82, 2.24) is 19.6 Å². The summed E-state index contributed by atoms with van der Waals surface area (Å²) in [6.07, 6.45) is 1.34. The first-order valence-corrected chi connectivity index (χ1v) is 6.96. The fourth-order valence-electron chi connectivity index (χ4n) is 2.10. The summed E-state index contributed by atoms with van der Waals surface area (Å²) in [5, 5.41) is 4.31. The van der Waals surface area contributed by atoms with Crippen LogP contribution in [0.2, 0.25) is 0 Å². The highest BCUT2D eigenvalue weighted by molar-refractivity contribution is 5.95. The third-order valence-electron chi connectivity index (χ3n) is 3.23. The van der Waals surface area contributed by atoms with Crippen LogP contribution in [-0.2, 0) is 4.74 Å². The van der Waals surface area contributed by atoms with Crippen molar-refractivity contribution < 1.29 is 14.3 Å². The number of fused-ring (bicyclic) bond motifs is 1. The predicted octanol–water partition coefficient (Wildman–Crippen LogP) is 1.56. The standard InChI is InChI=1S/C15H15N5O3/c1-3-23-14(21)11-8-17-15(16)20-13(11)18-12(19-20)9-4-6-10(22-2)7-5-9/h4-8H,3H2,1-2H3,(H2,16,17). The Kier molecular flexibility index (Phi) is 3.80. The third kappa shape index (κ3) is 2.66. The number of methoxy groups -OCH3 is 1. The second-order valence-electron chi connectivity index (χ2n) is 4.65. The first-order chi connectivity index (χ1) is 11.1. The Morgan fingerprint density at radius 1 is 1.30 bits per heavy atom. The molecule has 0 aliphatic rings. The van der Waals surface area contributed by atoms with Gasteiger partial charge in [-0.25, -0.2) is 14.8 Å². The lowest BCUT2D eigenvalue weighted by atomic mass is 10.2. The fourth-order valence-corrected chi connectivity index (χ4v) is 2.10. The number of ether oxygens (including phenoxy) is 2. The van der Waals surface area contributed by atoms with Gasteiger partial charge >= 0.3 is 5.97 Å². The number of nitrogen functional groups attached to an aromatic ring is 1. The Labute approximate surface area is 131 Å². The Balaban J connectivity index is 2.11. The highest BCUT2D eigenvalue weighted by atomic mass is 16.5. The Bertz CT molecular complexity index is 857. The van der Waals surface area contributed by atoms with Crippen LogP contribution in [0.1, 0.15) is 17.3 Å². The fraction of sp³-hybridized carbons (Fsp3) is 0.200. The van der Waals surface area contributed by atoms with Crippen LogP contribution in [0, 0.1) is 0 Å². The first kappa shape index (κ1) is 14.8. The second-order valence-corrected chi connectivity index (χ2v) is 4.65. The van der Waals surface area contributed by atoms with Crippen LogP contribution in [-0.4, -0.2) is 39.3 Å². The minimum absolute atomic E-state index is 0.139. The molecule has 3 rings (SSSR count). The predicted molar refractivity (Wildman–Crippen MR) is 83.1 cm³/mol. The number of hydrogen-bond donors (Lipinski definition) is 1. The molecule has 0 bridgehead atoms. The van der Waals surface area contributed by atoms with E-state index in [-0.39, 0.29) is 18.1 Å². The maximum Gasteiger partial charge on any atom is 0.343 e. The molecule has 118 valence electrons. The van der Waals surface area contributed by atoms with Crippen LogP contribution in [0.4, 0.5) is 5.95 Å². The van der Waals surface area contributed by atoms with Gasteiger partial charge in [0.15, 0.2) is 11.5 Å². The number of aromatic nitrogens is 4. The van der Waals surface area contributed by atoms with E-state index in [9.17, 15) is 4.79 Å². The summed E-state index contributed by atoms with van der Waals surface area (Å²) in [6, 6.07) is 7.24. The van der Waals surface area contributed by atoms with Crippen LogP contribution >= 0.6 is 0 Å². The van der Waals surface area contributed by atoms with Gasteiger partial charge < -0.3 is 15.2 Å². The minimum atomic E-state index is -0.515. The molecule has 0 unspecified atom stereocenters. The van der Waals surface area contributed by atoms with Crippen molar-refractivity contribution in [2.24, 2.45) is 0 Å². The molecule has 0 saturated carbocycles. The molecule has 0 aliphatic heterocycles. The number of carbonyl (C=O) groups is 1. The average Bonchev–Trinajstić information content (AvgIpc) is 3.01. The van der Waals surface area contributed by atoms with Gasteiger partial charge in [-0.05, 0) is 31.2 Å². The van der Waals surface area contributed by atoms with Gasteiger partial charge in [0.2, 0.25) is 5.95 Å². The number of nitrogens with two attached hydrogens (primary N) is 1. The van der Waals surface area contributed by atoms with Crippen LogP contribution in [0.25, 0.3) is 17.0 Å². The summed E-state index contributed by atoms with van der Waals surface area (Å²) >= 11 is 0. The Morgan fingerprint density at radius 2 is 2.04 bits per heavy atom. The smallest absolute Gasteiger partial charge is 0.343 e. The van der Waals surface area contributed by atoms with Gasteiger partial charge in [-0.3, -0.25) is 0 Å². The molecule has 0 radical (unpaired) electrons. The van der Waals surface area contributed by atoms with Crippen molar-refractivity contribution in [3.63, 3.8) is 0 Å². The summed E-state index contributed by atoms with van der Waals surface area (Å²) in [5.41, 5.74) is 7.10. The lowest BCUT2D eigenvalue weighted by molar-refractivity contribution is 0.0527. The number of hydrogen-bond acceptors (Lipinski definition) is 7. The lowest BCUT2D eigenvalue weighted by Gasteiger charge is -2.03. The van der Waals surface area contributed by atoms with Gasteiger partial charge in [-0.2, -0.15) is 4.52 Å². The number of carbonyl (C=O) groups excluding carboxylic acids is 1. The second kappa shape index (κ2) is 5.91. The van der Waals surface area contributed by atoms with Gasteiger partial charge in [0.1, 0.15) is 11.3 Å². The highest BCUT2D eigenvalue weighted by Crippen LogP contribution is 2.22. The maximum absolute atomic E-state index is 12.0. The van der Waals surface area contributed by atoms with Crippen molar-refractivity contribution in [1.29, 1.82) is 0 Å². The summed E-state index contributed by atoms with van der Waals surface area (Å²) in [5.74, 6) is 0.780. The van der Waals surface area contributed by atoms with E-state index in [0.717, 1.165) is 11.3 Å². The van der Waals surface area contributed by atoms with Crippen molar-refractivity contribution in [3.05, 3.63) is 36.0 Å². The number of anilines is 1. The van der Waals surface area contributed by atoms with Gasteiger partial charge in [-0.15, -0.1) is 5.10 Å². The van der Waals surface area contributed by atoms with Crippen LogP contribution in [0.15, 0.2) is 30.5 Å². The summed E-state index contributed by atoms with van der Waals surface area (Å²) in [7, 11) is 1.59. The molecule has 0 fully saturated rings. The lowest BCUT2D eigenvalue weighted by Crippen LogP contribution is -2.10. The quantitative estimate of drug-likeness (QED) is 0.729. The zero-order chi connectivity index (χ0) is 16.4. The largest absolute Gasteiger partial charge is 0.497 e. The molecule has 0 amide bonds. The van der Waals surface area contributed by atoms with Crippen molar-refractivity contribution in [2.45, 2.75) is 6.92 Å². The number of nitrogens with zero attached hydrogens (tertiary/aromatic N) is 4. The number of rotatable bonds is 4. The SMILES string of the molecule is CCOC(=O)c1cnc(N)n2nc(-c3ccc(OC)cc3)nc12. The highest BCUT2D eigenvalue weighted by Gasteiger charge is 2.18. The zero-order valence-corrected chi connectivity index (χ0v) is 12.7. The minimum Gasteiger partial charge on any atom is -0.497 e. The monoisotopic (exact) mass is 313 g/mol. The van der Waals surface area contributed by atoms with Gasteiger partial charge in [0.05, 0.1) is 13.7 Å². The molecule has 8 heteroatoms. The maximum atomic E-state index is 12.0. The van der Waals surface area contributed by atoms with Crippen molar-refractivity contribution in [2.75, 3.05) is 19.5 Å². The average molecular weight is 313 g/mol. The first-order valence-electron chi connectivity index (χ1n) is 6.96. The molecular formula is C15H15N5O3. The van der Waals surface area contributed by atoms with Gasteiger partial charge in [0.25, 0.3) is 0 Å². The molecule has 8 nitrogen and oxygen atoms in total. The normalized spacial score (nSPS) is 10.7. The molecule has 0 atom stereocenters. The van der Waals surface area contributed by atoms with E-state index in [1.54, 1.807) is 26.2 Å². The van der Waals surface area contributed by atoms with Crippen LogP contribution < -0.4 is 10.5 Å². The van der Waals surface area contributed by atoms with Gasteiger partial charge in [0, 0.05) is 11.8 Å². The molecule has 1 aromatic carbocycles. The van der Waals surface area contributed by atoms with Crippen LogP contribution in [0.3, 0.4) is 0 Å². The molecule has 23 heavy (non-hydrogen) atoms. The number of benzene rings is 1. The summed E-state index contributed by atoms with van der Waals surface area (Å²) in [6.45, 7) is 1.99. The molecule has 2 heterocycles. The number of esters is 1. The Hall–Kier alpha value is -3.16. The summed E-state index contributed by atoms with van der Waals surface area (Å²) in [4.78, 5) is 20.4. The topological polar surface area (TPSA) is 105 Å². The van der Waals surface area contributed by atoms with E-state index in [0.29, 0.717) is 11.5 Å². The van der Waals surface area contributed by atoms with E-state index in [2.05, 4.69) is 15.1 Å². The van der Waals surface area contributed by atoms with E-state index < -0.39 is 5.97 Å². The molecule has 2 N–H and O–H groups in total. The van der Waals surface area contributed by atoms with E-state index in [1.807, 2.05) is 12.1 Å². The van der Waals surface area contributed by atoms with E-state index in [4.69, 9.17) is 15.2 Å². The van der Waals surface area contributed by atoms with E-state index >= 15 is 0 Å². The molecule has 0 aliphatic carbocycles. The zero-order valence-electron chi connectivity index (χ0n) is 12.7. The van der Waals surface area contributed by atoms with Gasteiger partial charge in [-0.1, -0.05) is 0 Å². The molecule has 0 spiro atoms. The van der Waals surface area contributed by atoms with E-state index in [1.165, 1.54) is 10.7 Å². The van der Waals surface area contributed by atoms with Crippen LogP contribution in [0.5, 0.6) is 5.75 Å². The van der Waals surface area contributed by atoms with Crippen molar-refractivity contribution in [3.8, 4) is 17.1 Å². The van der Waals surface area contributed by atoms with Crippen molar-refractivity contribution >= 4 is 17.6 Å². The third-order valence-corrected chi connectivity index (χ3v) is 3.23. The molecule has 0 saturated heterocycles. The summed E-state index contributed by atoms with van der Waals surface area (Å²) < 4.78 is 11.5. The molecule has 2 aromatic heterocycles. The Morgan fingerprint density at radius 3 is 2.70 bits per heavy atom. The molecule has 3 aromatic rings.